The summed E-state index contributed by atoms with van der Waals surface area (Å²) in [4.78, 5) is 2.45. The van der Waals surface area contributed by atoms with E-state index in [1.54, 1.807) is 0 Å². The molecule has 1 unspecified atom stereocenters. The highest BCUT2D eigenvalue weighted by Gasteiger charge is 2.24. The van der Waals surface area contributed by atoms with Crippen LogP contribution in [0.15, 0.2) is 132 Å². The number of hydrogen-bond acceptors (Lipinski definition) is 2. The molecule has 2 nitrogen and oxygen atoms in total. The van der Waals surface area contributed by atoms with Crippen molar-refractivity contribution in [2.24, 2.45) is 5.92 Å². The lowest BCUT2D eigenvalue weighted by molar-refractivity contribution is 0.843. The molecule has 2 aromatic rings. The largest absolute Gasteiger partial charge is 0.356 e. The van der Waals surface area contributed by atoms with Gasteiger partial charge in [0.1, 0.15) is 0 Å². The topological polar surface area (TPSA) is 15.3 Å². The van der Waals surface area contributed by atoms with Gasteiger partial charge >= 0.3 is 0 Å². The van der Waals surface area contributed by atoms with Gasteiger partial charge < -0.3 is 10.2 Å². The number of anilines is 2. The SMILES string of the molecule is C/C=C\C1=C(C)C2C=CC=CC(=C2)N1.Cc1cc(C)cc(N2CC3=C(CC=CC=C3)c3ccccc32)c1. The Morgan fingerprint density at radius 3 is 2.51 bits per heavy atom. The molecule has 0 fully saturated rings. The minimum absolute atomic E-state index is 0.451. The first kappa shape index (κ1) is 24.6. The smallest absolute Gasteiger partial charge is 0.0490 e. The highest BCUT2D eigenvalue weighted by Crippen LogP contribution is 2.41. The first-order chi connectivity index (χ1) is 18.0. The van der Waals surface area contributed by atoms with Gasteiger partial charge in [-0.2, -0.15) is 0 Å². The summed E-state index contributed by atoms with van der Waals surface area (Å²) in [6.45, 7) is 9.50. The zero-order valence-electron chi connectivity index (χ0n) is 22.3. The number of dihydropyridines is 1. The molecule has 2 aliphatic carbocycles. The maximum atomic E-state index is 3.40. The molecular formula is C35H36N2. The van der Waals surface area contributed by atoms with Crippen molar-refractivity contribution in [1.82, 2.24) is 5.32 Å². The van der Waals surface area contributed by atoms with E-state index < -0.39 is 0 Å². The van der Waals surface area contributed by atoms with E-state index in [0.717, 1.165) is 13.0 Å². The van der Waals surface area contributed by atoms with Crippen molar-refractivity contribution in [3.8, 4) is 0 Å². The van der Waals surface area contributed by atoms with Gasteiger partial charge in [0.25, 0.3) is 0 Å². The van der Waals surface area contributed by atoms with E-state index in [1.807, 2.05) is 6.92 Å². The molecular weight excluding hydrogens is 448 g/mol. The average molecular weight is 485 g/mol. The number of aryl methyl sites for hydroxylation is 2. The summed E-state index contributed by atoms with van der Waals surface area (Å²) in [7, 11) is 0. The second kappa shape index (κ2) is 10.9. The van der Waals surface area contributed by atoms with Crippen LogP contribution in [0.25, 0.3) is 5.57 Å². The van der Waals surface area contributed by atoms with Crippen LogP contribution in [-0.2, 0) is 0 Å². The third kappa shape index (κ3) is 5.39. The molecule has 2 bridgehead atoms. The summed E-state index contributed by atoms with van der Waals surface area (Å²) in [5, 5.41) is 3.40. The zero-order valence-corrected chi connectivity index (χ0v) is 22.3. The number of nitrogens with one attached hydrogen (secondary N) is 1. The first-order valence-electron chi connectivity index (χ1n) is 13.2. The van der Waals surface area contributed by atoms with E-state index in [-0.39, 0.29) is 0 Å². The van der Waals surface area contributed by atoms with Gasteiger partial charge in [0.2, 0.25) is 0 Å². The van der Waals surface area contributed by atoms with Gasteiger partial charge in [-0.15, -0.1) is 0 Å². The third-order valence-corrected chi connectivity index (χ3v) is 7.22. The molecule has 0 spiro atoms. The van der Waals surface area contributed by atoms with Gasteiger partial charge in [-0.05, 0) is 98.4 Å². The van der Waals surface area contributed by atoms with Crippen molar-refractivity contribution in [3.63, 3.8) is 0 Å². The van der Waals surface area contributed by atoms with Crippen LogP contribution in [0, 0.1) is 19.8 Å². The van der Waals surface area contributed by atoms with Crippen LogP contribution in [0.5, 0.6) is 0 Å². The molecule has 0 radical (unpaired) electrons. The zero-order chi connectivity index (χ0) is 25.8. The summed E-state index contributed by atoms with van der Waals surface area (Å²) in [5.74, 6) is 0.451. The summed E-state index contributed by atoms with van der Waals surface area (Å²) >= 11 is 0. The lowest BCUT2D eigenvalue weighted by atomic mass is 9.91. The molecule has 2 heteroatoms. The van der Waals surface area contributed by atoms with Crippen molar-refractivity contribution in [2.75, 3.05) is 11.4 Å². The minimum atomic E-state index is 0.451. The van der Waals surface area contributed by atoms with E-state index in [1.165, 1.54) is 56.2 Å². The maximum Gasteiger partial charge on any atom is 0.0490 e. The number of benzene rings is 2. The van der Waals surface area contributed by atoms with Crippen LogP contribution in [0.1, 0.15) is 37.0 Å². The number of para-hydroxylation sites is 1. The second-order valence-electron chi connectivity index (χ2n) is 10.1. The predicted octanol–water partition coefficient (Wildman–Crippen LogP) is 8.79. The quantitative estimate of drug-likeness (QED) is 0.458. The standard InChI is InChI=1S/C22H21N.C13H15N/c1-16-12-17(2)14-19(13-16)23-15-18-8-4-3-5-9-20(18)21-10-6-7-11-22(21)23;1-3-6-13-10(2)11-7-4-5-8-12(9-11)14-13/h3-8,10-14H,9,15H2,1-2H3;3-9,11,14H,1-2H3/b;6-3-. The van der Waals surface area contributed by atoms with Crippen molar-refractivity contribution in [2.45, 2.75) is 34.1 Å². The van der Waals surface area contributed by atoms with Gasteiger partial charge in [0.15, 0.2) is 0 Å². The minimum Gasteiger partial charge on any atom is -0.356 e. The van der Waals surface area contributed by atoms with Crippen molar-refractivity contribution in [3.05, 3.63) is 149 Å². The van der Waals surface area contributed by atoms with Crippen LogP contribution in [0.4, 0.5) is 11.4 Å². The van der Waals surface area contributed by atoms with Gasteiger partial charge in [0, 0.05) is 40.8 Å². The Hall–Kier alpha value is -4.04. The van der Waals surface area contributed by atoms with Gasteiger partial charge in [0.05, 0.1) is 0 Å². The summed E-state index contributed by atoms with van der Waals surface area (Å²) in [5.41, 5.74) is 13.3. The Bertz CT molecular complexity index is 1420. The summed E-state index contributed by atoms with van der Waals surface area (Å²) < 4.78 is 0. The van der Waals surface area contributed by atoms with Crippen LogP contribution < -0.4 is 10.2 Å². The van der Waals surface area contributed by atoms with E-state index in [0.29, 0.717) is 5.92 Å². The number of allylic oxidation sites excluding steroid dienone is 12. The second-order valence-corrected chi connectivity index (χ2v) is 10.1. The fourth-order valence-corrected chi connectivity index (χ4v) is 5.43. The fraction of sp³-hybridized carbons (Fsp3) is 0.200. The molecule has 0 aromatic heterocycles. The molecule has 1 atom stereocenters. The third-order valence-electron chi connectivity index (χ3n) is 7.22. The molecule has 0 saturated heterocycles. The highest BCUT2D eigenvalue weighted by molar-refractivity contribution is 5.88. The molecule has 1 N–H and O–H groups in total. The Kier molecular flexibility index (Phi) is 7.28. The van der Waals surface area contributed by atoms with Crippen LogP contribution in [0.3, 0.4) is 0 Å². The van der Waals surface area contributed by atoms with E-state index in [9.17, 15) is 0 Å². The molecule has 6 rings (SSSR count). The van der Waals surface area contributed by atoms with Crippen LogP contribution >= 0.6 is 0 Å². The normalized spacial score (nSPS) is 19.5. The van der Waals surface area contributed by atoms with Crippen LogP contribution in [-0.4, -0.2) is 6.54 Å². The predicted molar refractivity (Wildman–Crippen MR) is 160 cm³/mol. The number of rotatable bonds is 2. The van der Waals surface area contributed by atoms with E-state index in [4.69, 9.17) is 0 Å². The Balaban J connectivity index is 0.000000171. The van der Waals surface area contributed by atoms with Crippen LogP contribution in [0.2, 0.25) is 0 Å². The molecule has 0 amide bonds. The molecule has 37 heavy (non-hydrogen) atoms. The molecule has 186 valence electrons. The average Bonchev–Trinajstić information content (AvgIpc) is 3.25. The van der Waals surface area contributed by atoms with Crippen molar-refractivity contribution < 1.29 is 0 Å². The molecule has 2 aromatic carbocycles. The van der Waals surface area contributed by atoms with Gasteiger partial charge in [-0.25, -0.2) is 0 Å². The number of fused-ring (bicyclic) bond motifs is 3. The fourth-order valence-electron chi connectivity index (χ4n) is 5.43. The highest BCUT2D eigenvalue weighted by atomic mass is 15.1. The lowest BCUT2D eigenvalue weighted by Crippen LogP contribution is -2.25. The van der Waals surface area contributed by atoms with E-state index in [2.05, 4.69) is 140 Å². The lowest BCUT2D eigenvalue weighted by Gasteiger charge is -2.34. The Morgan fingerprint density at radius 2 is 1.70 bits per heavy atom. The van der Waals surface area contributed by atoms with Crippen molar-refractivity contribution in [1.29, 1.82) is 0 Å². The number of hydrogen-bond donors (Lipinski definition) is 1. The number of nitrogens with zero attached hydrogens (tertiary/aromatic N) is 1. The molecule has 2 heterocycles. The molecule has 0 saturated carbocycles. The maximum absolute atomic E-state index is 3.40. The summed E-state index contributed by atoms with van der Waals surface area (Å²) in [6.07, 6.45) is 24.8. The van der Waals surface area contributed by atoms with Gasteiger partial charge in [-0.1, -0.05) is 72.9 Å². The summed E-state index contributed by atoms with van der Waals surface area (Å²) in [6, 6.07) is 15.6. The van der Waals surface area contributed by atoms with Crippen molar-refractivity contribution >= 4 is 16.9 Å². The first-order valence-corrected chi connectivity index (χ1v) is 13.2. The van der Waals surface area contributed by atoms with Gasteiger partial charge in [-0.3, -0.25) is 0 Å². The molecule has 4 aliphatic rings. The Labute approximate surface area is 222 Å². The Morgan fingerprint density at radius 1 is 0.919 bits per heavy atom. The molecule has 2 aliphatic heterocycles. The monoisotopic (exact) mass is 484 g/mol. The van der Waals surface area contributed by atoms with E-state index >= 15 is 0 Å².